The van der Waals surface area contributed by atoms with E-state index in [4.69, 9.17) is 70.1 Å². The molecule has 2 unspecified atom stereocenters. The monoisotopic (exact) mass is 1330 g/mol. The van der Waals surface area contributed by atoms with E-state index in [1.807, 2.05) is 113 Å². The number of rotatable bonds is 24. The maximum absolute atomic E-state index is 12.0. The van der Waals surface area contributed by atoms with E-state index in [1.165, 1.54) is 22.8 Å². The molecule has 6 atom stereocenters. The summed E-state index contributed by atoms with van der Waals surface area (Å²) in [7, 11) is 0. The third-order valence-corrected chi connectivity index (χ3v) is 19.5. The van der Waals surface area contributed by atoms with E-state index in [-0.39, 0.29) is 29.2 Å². The van der Waals surface area contributed by atoms with Gasteiger partial charge in [0, 0.05) is 59.5 Å². The van der Waals surface area contributed by atoms with Crippen molar-refractivity contribution in [2.24, 2.45) is 0 Å². The Morgan fingerprint density at radius 3 is 1.37 bits per heavy atom. The van der Waals surface area contributed by atoms with Gasteiger partial charge in [0.2, 0.25) is 0 Å². The van der Waals surface area contributed by atoms with E-state index in [0.717, 1.165) is 118 Å². The fourth-order valence-corrected chi connectivity index (χ4v) is 13.3. The molecule has 0 amide bonds. The summed E-state index contributed by atoms with van der Waals surface area (Å²) in [6.45, 7) is 26.8. The number of furan rings is 2. The summed E-state index contributed by atoms with van der Waals surface area (Å²) in [6.07, 6.45) is 30.5. The van der Waals surface area contributed by atoms with Gasteiger partial charge in [0.05, 0.1) is 75.5 Å². The van der Waals surface area contributed by atoms with Crippen molar-refractivity contribution in [2.75, 3.05) is 26.4 Å². The summed E-state index contributed by atoms with van der Waals surface area (Å²) in [5.41, 5.74) is 8.87. The highest BCUT2D eigenvalue weighted by molar-refractivity contribution is 6.02. The number of allylic oxidation sites excluding steroid dienone is 5. The number of carbonyl (C=O) groups excluding carboxylic acids is 1. The fourth-order valence-electron chi connectivity index (χ4n) is 13.3. The highest BCUT2D eigenvalue weighted by Gasteiger charge is 2.55. The second-order valence-electron chi connectivity index (χ2n) is 28.9. The molecular weight excluding hydrogens is 1240 g/mol. The van der Waals surface area contributed by atoms with Crippen molar-refractivity contribution in [3.05, 3.63) is 183 Å². The van der Waals surface area contributed by atoms with Crippen LogP contribution in [0.1, 0.15) is 157 Å². The van der Waals surface area contributed by atoms with Gasteiger partial charge in [0.15, 0.2) is 5.78 Å². The second kappa shape index (κ2) is 27.4. The highest BCUT2D eigenvalue weighted by atomic mass is 16.9. The van der Waals surface area contributed by atoms with Crippen LogP contribution in [-0.4, -0.2) is 91.0 Å². The molecule has 6 aliphatic heterocycles. The molecule has 4 saturated heterocycles. The molecule has 1 aliphatic carbocycles. The SMILES string of the molecule is C/C(=C\COc1ccc2c(c1)O[C@@]1(C=C2)O[C@H](CC/C(C)=C/COc2c3c(cc4occc24)CC(=O)C=C3)C(C)(C)O1)CCC1OC1(C)C.C/C(=C\COc1ccc2c(c1)O[C@]1(C=C2)O[C@H](CC/C(C)=C/COc2c3ccoc3cc3oc(=O)ccc23)C(C)(C)O1)CCC1OC1(C)C. The average molecular weight is 1340 g/mol. The Morgan fingerprint density at radius 1 is 0.459 bits per heavy atom. The lowest BCUT2D eigenvalue weighted by atomic mass is 9.94. The van der Waals surface area contributed by atoms with E-state index in [2.05, 4.69) is 79.7 Å². The third-order valence-electron chi connectivity index (χ3n) is 19.5. The molecule has 17 nitrogen and oxygen atoms in total. The summed E-state index contributed by atoms with van der Waals surface area (Å²) >= 11 is 0. The van der Waals surface area contributed by atoms with Crippen LogP contribution in [0, 0.1) is 0 Å². The maximum Gasteiger partial charge on any atom is 0.350 e. The number of carbonyl (C=O) groups is 1. The smallest absolute Gasteiger partial charge is 0.350 e. The van der Waals surface area contributed by atoms with Crippen molar-refractivity contribution < 1.29 is 74.9 Å². The van der Waals surface area contributed by atoms with E-state index in [9.17, 15) is 9.59 Å². The molecular formula is C81H90O17. The van der Waals surface area contributed by atoms with Crippen LogP contribution in [-0.2, 0) is 39.6 Å². The largest absolute Gasteiger partial charge is 0.489 e. The molecule has 7 aliphatic rings. The zero-order valence-electron chi connectivity index (χ0n) is 58.3. The summed E-state index contributed by atoms with van der Waals surface area (Å²) in [4.78, 5) is 23.8. The minimum absolute atomic E-state index is 0.0251. The molecule has 516 valence electrons. The number of epoxide rings is 2. The van der Waals surface area contributed by atoms with Crippen LogP contribution in [0.5, 0.6) is 34.5 Å². The van der Waals surface area contributed by atoms with Crippen LogP contribution in [0.2, 0.25) is 0 Å². The Bertz CT molecular complexity index is 4440. The number of hydrogen-bond acceptors (Lipinski definition) is 17. The second-order valence-corrected chi connectivity index (χ2v) is 28.9. The maximum atomic E-state index is 12.0. The number of hydrogen-bond donors (Lipinski definition) is 0. The average Bonchev–Trinajstić information content (AvgIpc) is 1.59. The van der Waals surface area contributed by atoms with Gasteiger partial charge in [-0.2, -0.15) is 0 Å². The first-order valence-electron chi connectivity index (χ1n) is 34.3. The van der Waals surface area contributed by atoms with E-state index >= 15 is 0 Å². The van der Waals surface area contributed by atoms with Gasteiger partial charge in [0.25, 0.3) is 0 Å². The van der Waals surface area contributed by atoms with Crippen LogP contribution >= 0.6 is 0 Å². The number of benzene rings is 4. The zero-order valence-corrected chi connectivity index (χ0v) is 58.3. The molecule has 7 aromatic rings. The molecule has 0 bridgehead atoms. The topological polar surface area (TPSA) is 191 Å². The molecule has 98 heavy (non-hydrogen) atoms. The first-order valence-corrected chi connectivity index (χ1v) is 34.3. The molecule has 17 heteroatoms. The fraction of sp³-hybridized carbons (Fsp3) is 0.432. The highest BCUT2D eigenvalue weighted by Crippen LogP contribution is 2.48. The van der Waals surface area contributed by atoms with Crippen LogP contribution in [0.4, 0.5) is 0 Å². The summed E-state index contributed by atoms with van der Waals surface area (Å²) < 4.78 is 91.3. The molecule has 4 aromatic carbocycles. The van der Waals surface area contributed by atoms with E-state index in [0.29, 0.717) is 73.5 Å². The first kappa shape index (κ1) is 68.1. The van der Waals surface area contributed by atoms with Gasteiger partial charge < -0.3 is 70.1 Å². The molecule has 0 N–H and O–H groups in total. The predicted octanol–water partition coefficient (Wildman–Crippen LogP) is 17.8. The first-order chi connectivity index (χ1) is 46.8. The third kappa shape index (κ3) is 15.5. The number of ether oxygens (including phenoxy) is 12. The Kier molecular flexibility index (Phi) is 19.0. The Morgan fingerprint density at radius 2 is 0.888 bits per heavy atom. The van der Waals surface area contributed by atoms with E-state index < -0.39 is 28.8 Å². The van der Waals surface area contributed by atoms with Crippen molar-refractivity contribution in [1.82, 2.24) is 0 Å². The van der Waals surface area contributed by atoms with Crippen LogP contribution < -0.4 is 34.0 Å². The lowest BCUT2D eigenvalue weighted by Crippen LogP contribution is -2.38. The van der Waals surface area contributed by atoms with Gasteiger partial charge in [-0.3, -0.25) is 4.79 Å². The summed E-state index contributed by atoms with van der Waals surface area (Å²) in [5.74, 6) is 1.59. The normalized spacial score (nSPS) is 24.5. The van der Waals surface area contributed by atoms with E-state index in [1.54, 1.807) is 30.7 Å². The Labute approximate surface area is 572 Å². The molecule has 4 fully saturated rings. The Balaban J connectivity index is 0.000000176. The zero-order chi connectivity index (χ0) is 68.8. The molecule has 2 spiro atoms. The van der Waals surface area contributed by atoms with Crippen molar-refractivity contribution in [3.63, 3.8) is 0 Å². The quantitative estimate of drug-likeness (QED) is 0.0315. The van der Waals surface area contributed by atoms with Crippen LogP contribution in [0.25, 0.3) is 51.1 Å². The van der Waals surface area contributed by atoms with Crippen molar-refractivity contribution in [2.45, 2.75) is 200 Å². The predicted molar refractivity (Wildman–Crippen MR) is 376 cm³/mol. The molecule has 14 rings (SSSR count). The van der Waals surface area contributed by atoms with Crippen molar-refractivity contribution in [3.8, 4) is 34.5 Å². The lowest BCUT2D eigenvalue weighted by molar-refractivity contribution is -0.271. The molecule has 9 heterocycles. The van der Waals surface area contributed by atoms with Gasteiger partial charge in [0.1, 0.15) is 77.7 Å². The van der Waals surface area contributed by atoms with Gasteiger partial charge >= 0.3 is 17.6 Å². The number of fused-ring (bicyclic) bond motifs is 6. The van der Waals surface area contributed by atoms with Gasteiger partial charge in [-0.15, -0.1) is 0 Å². The van der Waals surface area contributed by atoms with Crippen molar-refractivity contribution >= 4 is 56.9 Å². The van der Waals surface area contributed by atoms with Crippen LogP contribution in [0.3, 0.4) is 0 Å². The molecule has 3 aromatic heterocycles. The van der Waals surface area contributed by atoms with Gasteiger partial charge in [-0.05, 0) is 237 Å². The number of ketones is 1. The minimum Gasteiger partial charge on any atom is -0.489 e. The van der Waals surface area contributed by atoms with Crippen LogP contribution in [0.15, 0.2) is 168 Å². The molecule has 0 saturated carbocycles. The van der Waals surface area contributed by atoms with Gasteiger partial charge in [-0.1, -0.05) is 22.3 Å². The summed E-state index contributed by atoms with van der Waals surface area (Å²) in [6, 6.07) is 22.2. The standard InChI is InChI=1S/C41H46O8.C40H44O9/c1-26(7-13-36-39(3,4)47-36)16-20-43-31-11-9-28-15-19-41(46-34(28)25-31)48-37(40(5,6)49-41)14-8-27(2)17-21-45-38-32-12-10-30(42)23-29(32)24-35-33(38)18-22-44-35;1-25(7-12-34-38(3,4)47-34)16-20-42-28-10-9-27-15-19-40(46-31(27)23-28)48-35(39(5,6)49-40)13-8-26(2)17-21-44-37-29-11-14-36(41)45-33(29)24-32-30(37)18-22-43-32/h9-12,15-19,22,24-25,36-37H,7-8,13-14,20-21,23H2,1-6H3;9-11,14-19,22-24,34-35H,7-8,12-13,20-21H2,1-6H3/b26-16+,27-17+;25-16+,26-17+/t36?,37-,41+;34?,35-,40-/m11/s1. The minimum atomic E-state index is -1.31. The summed E-state index contributed by atoms with van der Waals surface area (Å²) in [5, 5.41) is 2.44. The Hall–Kier alpha value is -8.42. The molecule has 0 radical (unpaired) electrons. The van der Waals surface area contributed by atoms with Crippen molar-refractivity contribution in [1.29, 1.82) is 0 Å². The lowest BCUT2D eigenvalue weighted by Gasteiger charge is -2.30. The van der Waals surface area contributed by atoms with Gasteiger partial charge in [-0.25, -0.2) is 4.79 Å².